The second-order valence-electron chi connectivity index (χ2n) is 18.0. The molecule has 0 bridgehead atoms. The van der Waals surface area contributed by atoms with Crippen LogP contribution >= 0.6 is 0 Å². The minimum atomic E-state index is 0.529. The molecule has 8 heteroatoms. The van der Waals surface area contributed by atoms with E-state index in [0.29, 0.717) is 11.6 Å². The number of anilines is 3. The van der Waals surface area contributed by atoms with Crippen molar-refractivity contribution in [3.8, 4) is 39.9 Å². The molecule has 13 aromatic rings. The van der Waals surface area contributed by atoms with Crippen molar-refractivity contribution in [3.63, 3.8) is 0 Å². The van der Waals surface area contributed by atoms with Gasteiger partial charge < -0.3 is 23.7 Å². The highest BCUT2D eigenvalue weighted by Gasteiger charge is 2.26. The first-order valence-electron chi connectivity index (χ1n) is 23.4. The van der Waals surface area contributed by atoms with E-state index in [1.54, 1.807) is 0 Å². The SMILES string of the molecule is Cc1cc(-n2c3ccccc3c3ccc(Oc4cc(N5CN(C)c6ccccc65)ccn4)cc32)ncc1-c1c(-n2c3ccccc3c3ccccc32)cccc1-n1c2ccccc2c2ccccc21. The monoisotopic (exact) mass is 889 g/mol. The molecule has 8 aromatic carbocycles. The topological polar surface area (TPSA) is 56.3 Å². The molecule has 0 radical (unpaired) electrons. The standard InChI is InChI=1S/C61H43N7O/c1-39-34-59(68-53-25-12-7-20-46(53)47-31-30-41(36-58(47)68)69-60-35-40(32-33-62-60)65-38-64(2)54-26-13-14-27-55(54)65)63-37-48(39)61-56(66-49-21-8-3-16-42(49)43-17-4-9-22-50(43)66)28-15-29-57(61)67-51-23-10-5-18-44(51)45-19-6-11-24-52(45)67/h3-37H,38H2,1-2H3. The molecule has 0 atom stereocenters. The van der Waals surface area contributed by atoms with Gasteiger partial charge in [0.05, 0.1) is 62.5 Å². The molecule has 0 N–H and O–H groups in total. The Balaban J connectivity index is 0.943. The summed E-state index contributed by atoms with van der Waals surface area (Å²) in [7, 11) is 2.12. The zero-order chi connectivity index (χ0) is 45.7. The van der Waals surface area contributed by atoms with Gasteiger partial charge >= 0.3 is 0 Å². The Bertz CT molecular complexity index is 3980. The van der Waals surface area contributed by atoms with Gasteiger partial charge in [0.2, 0.25) is 5.88 Å². The molecule has 0 saturated heterocycles. The molecule has 0 saturated carbocycles. The minimum absolute atomic E-state index is 0.529. The van der Waals surface area contributed by atoms with Gasteiger partial charge in [0.1, 0.15) is 11.6 Å². The van der Waals surface area contributed by atoms with Crippen LogP contribution in [0.4, 0.5) is 17.1 Å². The van der Waals surface area contributed by atoms with E-state index >= 15 is 0 Å². The predicted octanol–water partition coefficient (Wildman–Crippen LogP) is 15.1. The maximum absolute atomic E-state index is 6.62. The maximum Gasteiger partial charge on any atom is 0.221 e. The second-order valence-corrected chi connectivity index (χ2v) is 18.0. The van der Waals surface area contributed by atoms with Crippen LogP contribution in [0.5, 0.6) is 11.6 Å². The van der Waals surface area contributed by atoms with Gasteiger partial charge in [0.15, 0.2) is 0 Å². The van der Waals surface area contributed by atoms with E-state index in [-0.39, 0.29) is 0 Å². The van der Waals surface area contributed by atoms with Crippen LogP contribution in [0.3, 0.4) is 0 Å². The number of rotatable bonds is 7. The van der Waals surface area contributed by atoms with Crippen molar-refractivity contribution in [2.75, 3.05) is 23.5 Å². The normalized spacial score (nSPS) is 12.7. The van der Waals surface area contributed by atoms with E-state index in [0.717, 1.165) is 95.8 Å². The lowest BCUT2D eigenvalue weighted by molar-refractivity contribution is 0.463. The Labute approximate surface area is 397 Å². The van der Waals surface area contributed by atoms with Crippen molar-refractivity contribution in [1.82, 2.24) is 23.7 Å². The van der Waals surface area contributed by atoms with Crippen LogP contribution in [0.25, 0.3) is 93.7 Å². The first-order valence-corrected chi connectivity index (χ1v) is 23.4. The molecule has 0 unspecified atom stereocenters. The second kappa shape index (κ2) is 15.2. The molecular formula is C61H43N7O. The van der Waals surface area contributed by atoms with E-state index in [2.05, 4.69) is 231 Å². The molecule has 1 aliphatic rings. The van der Waals surface area contributed by atoms with E-state index in [1.165, 1.54) is 27.2 Å². The van der Waals surface area contributed by atoms with Gasteiger partial charge in [-0.25, -0.2) is 9.97 Å². The van der Waals surface area contributed by atoms with Gasteiger partial charge in [-0.05, 0) is 91.3 Å². The zero-order valence-electron chi connectivity index (χ0n) is 38.0. The smallest absolute Gasteiger partial charge is 0.221 e. The summed E-state index contributed by atoms with van der Waals surface area (Å²) in [5.74, 6) is 2.05. The lowest BCUT2D eigenvalue weighted by Gasteiger charge is -2.21. The van der Waals surface area contributed by atoms with Crippen molar-refractivity contribution >= 4 is 82.5 Å². The molecule has 8 nitrogen and oxygen atoms in total. The molecular weight excluding hydrogens is 847 g/mol. The van der Waals surface area contributed by atoms with Crippen LogP contribution in [-0.4, -0.2) is 37.4 Å². The molecule has 0 spiro atoms. The molecule has 0 aliphatic carbocycles. The highest BCUT2D eigenvalue weighted by molar-refractivity contribution is 6.12. The van der Waals surface area contributed by atoms with Crippen LogP contribution in [0, 0.1) is 6.92 Å². The van der Waals surface area contributed by atoms with Gasteiger partial charge in [0.25, 0.3) is 0 Å². The number of ether oxygens (including phenoxy) is 1. The largest absolute Gasteiger partial charge is 0.439 e. The zero-order valence-corrected chi connectivity index (χ0v) is 38.0. The maximum atomic E-state index is 6.62. The number of pyridine rings is 2. The number of benzene rings is 8. The Kier molecular flexibility index (Phi) is 8.61. The molecule has 5 aromatic heterocycles. The minimum Gasteiger partial charge on any atom is -0.439 e. The van der Waals surface area contributed by atoms with Gasteiger partial charge in [-0.15, -0.1) is 0 Å². The van der Waals surface area contributed by atoms with Crippen LogP contribution < -0.4 is 14.5 Å². The van der Waals surface area contributed by atoms with Crippen LogP contribution in [0.1, 0.15) is 5.56 Å². The quantitative estimate of drug-likeness (QED) is 0.160. The fourth-order valence-corrected chi connectivity index (χ4v) is 11.1. The van der Waals surface area contributed by atoms with Crippen LogP contribution in [0.15, 0.2) is 213 Å². The van der Waals surface area contributed by atoms with Crippen molar-refractivity contribution in [1.29, 1.82) is 0 Å². The molecule has 69 heavy (non-hydrogen) atoms. The summed E-state index contributed by atoms with van der Waals surface area (Å²) in [5.41, 5.74) is 15.5. The van der Waals surface area contributed by atoms with Crippen LogP contribution in [-0.2, 0) is 0 Å². The number of aromatic nitrogens is 5. The first kappa shape index (κ1) is 39.1. The molecule has 0 amide bonds. The van der Waals surface area contributed by atoms with Crippen molar-refractivity contribution in [3.05, 3.63) is 218 Å². The summed E-state index contributed by atoms with van der Waals surface area (Å²) in [5, 5.41) is 7.13. The summed E-state index contributed by atoms with van der Waals surface area (Å²) in [6.07, 6.45) is 3.90. The van der Waals surface area contributed by atoms with Crippen molar-refractivity contribution < 1.29 is 4.74 Å². The summed E-state index contributed by atoms with van der Waals surface area (Å²) in [6.45, 7) is 2.96. The number of fused-ring (bicyclic) bond motifs is 10. The Morgan fingerprint density at radius 1 is 0.435 bits per heavy atom. The fraction of sp³-hybridized carbons (Fsp3) is 0.0492. The van der Waals surface area contributed by atoms with Crippen LogP contribution in [0.2, 0.25) is 0 Å². The highest BCUT2D eigenvalue weighted by Crippen LogP contribution is 2.45. The molecule has 0 fully saturated rings. The van der Waals surface area contributed by atoms with E-state index in [1.807, 2.05) is 24.4 Å². The third-order valence-corrected chi connectivity index (χ3v) is 14.1. The Morgan fingerprint density at radius 3 is 1.49 bits per heavy atom. The van der Waals surface area contributed by atoms with E-state index < -0.39 is 0 Å². The molecule has 328 valence electrons. The third-order valence-electron chi connectivity index (χ3n) is 14.1. The first-order chi connectivity index (χ1) is 34.1. The average molecular weight is 890 g/mol. The lowest BCUT2D eigenvalue weighted by atomic mass is 9.98. The number of hydrogen-bond acceptors (Lipinski definition) is 5. The highest BCUT2D eigenvalue weighted by atomic mass is 16.5. The van der Waals surface area contributed by atoms with Crippen molar-refractivity contribution in [2.45, 2.75) is 6.92 Å². The van der Waals surface area contributed by atoms with Gasteiger partial charge in [0, 0.05) is 80.7 Å². The number of para-hydroxylation sites is 7. The Hall–Kier alpha value is -9.14. The van der Waals surface area contributed by atoms with Gasteiger partial charge in [-0.2, -0.15) is 0 Å². The van der Waals surface area contributed by atoms with Gasteiger partial charge in [-0.1, -0.05) is 109 Å². The average Bonchev–Trinajstić information content (AvgIpc) is 4.12. The fourth-order valence-electron chi connectivity index (χ4n) is 11.1. The summed E-state index contributed by atoms with van der Waals surface area (Å²) >= 11 is 0. The lowest BCUT2D eigenvalue weighted by Crippen LogP contribution is -2.23. The third kappa shape index (κ3) is 5.95. The van der Waals surface area contributed by atoms with E-state index in [4.69, 9.17) is 9.72 Å². The van der Waals surface area contributed by atoms with Crippen molar-refractivity contribution in [2.24, 2.45) is 0 Å². The Morgan fingerprint density at radius 2 is 0.928 bits per heavy atom. The molecule has 6 heterocycles. The number of aryl methyl sites for hydroxylation is 1. The summed E-state index contributed by atoms with van der Waals surface area (Å²) in [6, 6.07) is 71.3. The summed E-state index contributed by atoms with van der Waals surface area (Å²) in [4.78, 5) is 14.6. The summed E-state index contributed by atoms with van der Waals surface area (Å²) < 4.78 is 13.8. The van der Waals surface area contributed by atoms with Gasteiger partial charge in [-0.3, -0.25) is 4.57 Å². The number of nitrogens with zero attached hydrogens (tertiary/aromatic N) is 7. The molecule has 1 aliphatic heterocycles. The number of hydrogen-bond donors (Lipinski definition) is 0. The van der Waals surface area contributed by atoms with E-state index in [9.17, 15) is 0 Å². The predicted molar refractivity (Wildman–Crippen MR) is 284 cm³/mol. The molecule has 14 rings (SSSR count).